The van der Waals surface area contributed by atoms with Gasteiger partial charge in [0.25, 0.3) is 0 Å². The maximum Gasteiger partial charge on any atom is 1.00 e. The molecular weight excluding hydrogens is 485 g/mol. The summed E-state index contributed by atoms with van der Waals surface area (Å²) < 4.78 is 3.80. The summed E-state index contributed by atoms with van der Waals surface area (Å²) in [5.74, 6) is 6.20. The Morgan fingerprint density at radius 3 is 2.58 bits per heavy atom. The number of aromatic carboxylic acids is 1. The summed E-state index contributed by atoms with van der Waals surface area (Å²) in [6, 6.07) is 14.9. The second kappa shape index (κ2) is 11.5. The summed E-state index contributed by atoms with van der Waals surface area (Å²) in [5, 5.41) is 17.4. The van der Waals surface area contributed by atoms with Crippen molar-refractivity contribution in [2.24, 2.45) is 0 Å². The fourth-order valence-corrected chi connectivity index (χ4v) is 4.69. The Balaban J connectivity index is 0.00000336. The van der Waals surface area contributed by atoms with Crippen molar-refractivity contribution in [3.8, 4) is 17.5 Å². The molecule has 0 saturated carbocycles. The van der Waals surface area contributed by atoms with Crippen LogP contribution in [0.25, 0.3) is 27.8 Å². The quantitative estimate of drug-likeness (QED) is 0.254. The van der Waals surface area contributed by atoms with E-state index in [1.165, 1.54) is 6.07 Å². The zero-order valence-electron chi connectivity index (χ0n) is 22.5. The molecule has 38 heavy (non-hydrogen) atoms. The number of hydrogen-bond acceptors (Lipinski definition) is 5. The van der Waals surface area contributed by atoms with Crippen LogP contribution in [-0.2, 0) is 13.0 Å². The Morgan fingerprint density at radius 1 is 1.05 bits per heavy atom. The minimum absolute atomic E-state index is 0. The van der Waals surface area contributed by atoms with Crippen molar-refractivity contribution in [2.45, 2.75) is 53.5 Å². The van der Waals surface area contributed by atoms with Crippen molar-refractivity contribution < 1.29 is 39.5 Å². The summed E-state index contributed by atoms with van der Waals surface area (Å²) in [7, 11) is 0. The van der Waals surface area contributed by atoms with Crippen molar-refractivity contribution in [2.75, 3.05) is 0 Å². The number of pyridine rings is 1. The Morgan fingerprint density at radius 2 is 1.84 bits per heavy atom. The van der Waals surface area contributed by atoms with E-state index < -0.39 is 5.97 Å². The van der Waals surface area contributed by atoms with Gasteiger partial charge in [-0.15, -0.1) is 0 Å². The largest absolute Gasteiger partial charge is 1.00 e. The number of aryl methyl sites for hydroxylation is 3. The molecule has 0 amide bonds. The number of aromatic nitrogens is 5. The molecular formula is C30H28N5NaO2. The summed E-state index contributed by atoms with van der Waals surface area (Å²) in [6.45, 7) is 8.85. The Hall–Kier alpha value is -3.44. The summed E-state index contributed by atoms with van der Waals surface area (Å²) in [5.41, 5.74) is 6.88. The van der Waals surface area contributed by atoms with Gasteiger partial charge < -0.3 is 14.5 Å². The van der Waals surface area contributed by atoms with Gasteiger partial charge in [0.2, 0.25) is 0 Å². The first-order valence-electron chi connectivity index (χ1n) is 12.6. The molecule has 0 aliphatic carbocycles. The first-order valence-corrected chi connectivity index (χ1v) is 12.6. The number of rotatable bonds is 6. The van der Waals surface area contributed by atoms with Crippen molar-refractivity contribution in [1.29, 1.82) is 0 Å². The van der Waals surface area contributed by atoms with E-state index in [0.29, 0.717) is 17.9 Å². The third-order valence-corrected chi connectivity index (χ3v) is 6.43. The van der Waals surface area contributed by atoms with Crippen molar-refractivity contribution in [3.63, 3.8) is 0 Å². The van der Waals surface area contributed by atoms with E-state index in [9.17, 15) is 9.90 Å². The van der Waals surface area contributed by atoms with Crippen LogP contribution in [0.4, 0.5) is 0 Å². The predicted molar refractivity (Wildman–Crippen MR) is 143 cm³/mol. The molecule has 0 spiro atoms. The van der Waals surface area contributed by atoms with Gasteiger partial charge >= 0.3 is 29.6 Å². The maximum absolute atomic E-state index is 11.8. The number of nitrogens with zero attached hydrogens (tertiary/aromatic N) is 5. The van der Waals surface area contributed by atoms with Crippen LogP contribution in [0.2, 0.25) is 0 Å². The minimum Gasteiger partial charge on any atom is -0.545 e. The van der Waals surface area contributed by atoms with Crippen LogP contribution in [0.3, 0.4) is 0 Å². The third kappa shape index (κ3) is 5.12. The molecule has 5 rings (SSSR count). The molecule has 8 heteroatoms. The fourth-order valence-electron chi connectivity index (χ4n) is 4.69. The third-order valence-electron chi connectivity index (χ3n) is 6.43. The van der Waals surface area contributed by atoms with Crippen molar-refractivity contribution in [3.05, 3.63) is 82.4 Å². The fraction of sp³-hybridized carbons (Fsp3) is 0.267. The topological polar surface area (TPSA) is 88.7 Å². The number of carboxylic acids is 1. The van der Waals surface area contributed by atoms with E-state index in [4.69, 9.17) is 15.1 Å². The number of benzene rings is 2. The number of hydrogen-bond donors (Lipinski definition) is 0. The van der Waals surface area contributed by atoms with Crippen LogP contribution in [0.15, 0.2) is 48.5 Å². The molecule has 5 aromatic rings. The van der Waals surface area contributed by atoms with Crippen LogP contribution in [-0.4, -0.2) is 30.3 Å². The maximum atomic E-state index is 11.8. The molecule has 0 unspecified atom stereocenters. The zero-order chi connectivity index (χ0) is 26.1. The molecule has 0 radical (unpaired) electrons. The van der Waals surface area contributed by atoms with E-state index >= 15 is 0 Å². The van der Waals surface area contributed by atoms with E-state index in [1.54, 1.807) is 22.9 Å². The molecule has 0 atom stereocenters. The van der Waals surface area contributed by atoms with E-state index in [2.05, 4.69) is 49.3 Å². The number of para-hydroxylation sites is 1. The monoisotopic (exact) mass is 513 g/mol. The van der Waals surface area contributed by atoms with Gasteiger partial charge in [-0.05, 0) is 61.6 Å². The van der Waals surface area contributed by atoms with E-state index in [0.717, 1.165) is 64.0 Å². The standard InChI is InChI=1S/C30H29N5O2.Na/c1-5-7-8-12-26-23-17-21(18-34-27(6-2)32-28-19(3)16-20(4)31-29(28)34)14-15-24(23)33-35(26)25-13-10-9-11-22(25)30(36)37;/h9-11,13-17H,5-7,18H2,1-4H3,(H,36,37);/q;+1/p-1. The minimum atomic E-state index is -1.25. The van der Waals surface area contributed by atoms with Gasteiger partial charge in [-0.2, -0.15) is 5.10 Å². The zero-order valence-corrected chi connectivity index (χ0v) is 24.5. The molecule has 0 aliphatic heterocycles. The SMILES string of the molecule is CCCC#Cc1c2cc(Cn3c(CC)nc4c(C)cc(C)nc43)ccc2nn1-c1ccccc1C(=O)[O-].[Na+]. The van der Waals surface area contributed by atoms with Crippen LogP contribution in [0.1, 0.15) is 65.4 Å². The average Bonchev–Trinajstić information content (AvgIpc) is 3.42. The Kier molecular flexibility index (Phi) is 8.37. The molecule has 0 N–H and O–H groups in total. The van der Waals surface area contributed by atoms with E-state index in [-0.39, 0.29) is 35.1 Å². The van der Waals surface area contributed by atoms with Crippen molar-refractivity contribution >= 4 is 28.0 Å². The molecule has 0 saturated heterocycles. The first kappa shape index (κ1) is 27.6. The molecule has 186 valence electrons. The number of imidazole rings is 1. The number of carbonyl (C=O) groups is 1. The second-order valence-corrected chi connectivity index (χ2v) is 9.19. The van der Waals surface area contributed by atoms with Crippen molar-refractivity contribution in [1.82, 2.24) is 24.3 Å². The van der Waals surface area contributed by atoms with Gasteiger partial charge in [0, 0.05) is 29.5 Å². The molecule has 3 aromatic heterocycles. The van der Waals surface area contributed by atoms with Gasteiger partial charge in [-0.3, -0.25) is 0 Å². The number of unbranched alkanes of at least 4 members (excludes halogenated alkanes) is 1. The number of carboxylic acid groups (broad SMARTS) is 1. The second-order valence-electron chi connectivity index (χ2n) is 9.19. The summed E-state index contributed by atoms with van der Waals surface area (Å²) in [4.78, 5) is 21.5. The molecule has 0 aliphatic rings. The van der Waals surface area contributed by atoms with Gasteiger partial charge in [-0.1, -0.05) is 44.0 Å². The van der Waals surface area contributed by atoms with Crippen LogP contribution in [0.5, 0.6) is 0 Å². The summed E-state index contributed by atoms with van der Waals surface area (Å²) >= 11 is 0. The molecule has 2 aromatic carbocycles. The average molecular weight is 514 g/mol. The molecule has 0 bridgehead atoms. The van der Waals surface area contributed by atoms with Gasteiger partial charge in [0.1, 0.15) is 17.0 Å². The Bertz CT molecular complexity index is 1720. The van der Waals surface area contributed by atoms with Crippen LogP contribution in [0, 0.1) is 25.7 Å². The van der Waals surface area contributed by atoms with E-state index in [1.807, 2.05) is 19.1 Å². The normalized spacial score (nSPS) is 10.8. The van der Waals surface area contributed by atoms with Crippen LogP contribution < -0.4 is 34.7 Å². The predicted octanol–water partition coefficient (Wildman–Crippen LogP) is 1.52. The molecule has 3 heterocycles. The van der Waals surface area contributed by atoms with Crippen LogP contribution >= 0.6 is 0 Å². The van der Waals surface area contributed by atoms with Gasteiger partial charge in [0.05, 0.1) is 23.7 Å². The van der Waals surface area contributed by atoms with Gasteiger partial charge in [-0.25, -0.2) is 14.6 Å². The number of carbonyl (C=O) groups excluding carboxylic acids is 1. The first-order chi connectivity index (χ1) is 17.9. The Labute approximate surface area is 244 Å². The summed E-state index contributed by atoms with van der Waals surface area (Å²) in [6.07, 6.45) is 2.46. The molecule has 0 fully saturated rings. The molecule has 7 nitrogen and oxygen atoms in total. The smallest absolute Gasteiger partial charge is 0.545 e. The number of fused-ring (bicyclic) bond motifs is 2. The van der Waals surface area contributed by atoms with Gasteiger partial charge in [0.15, 0.2) is 5.65 Å².